The number of ether oxygens (including phenoxy) is 1. The van der Waals surface area contributed by atoms with E-state index in [1.165, 1.54) is 0 Å². The molecule has 1 aliphatic rings. The van der Waals surface area contributed by atoms with Crippen LogP contribution in [0.2, 0.25) is 0 Å². The van der Waals surface area contributed by atoms with Crippen LogP contribution in [0.3, 0.4) is 0 Å². The van der Waals surface area contributed by atoms with Crippen LogP contribution in [-0.4, -0.2) is 34.0 Å². The van der Waals surface area contributed by atoms with Crippen molar-refractivity contribution in [3.05, 3.63) is 28.0 Å². The molecule has 6 nitrogen and oxygen atoms in total. The Labute approximate surface area is 91.7 Å². The average Bonchev–Trinajstić information content (AvgIpc) is 2.59. The molecule has 16 heavy (non-hydrogen) atoms. The van der Waals surface area contributed by atoms with Gasteiger partial charge in [-0.25, -0.2) is 0 Å². The van der Waals surface area contributed by atoms with E-state index in [0.717, 1.165) is 0 Å². The van der Waals surface area contributed by atoms with Gasteiger partial charge in [0.15, 0.2) is 0 Å². The summed E-state index contributed by atoms with van der Waals surface area (Å²) in [5.41, 5.74) is 5.52. The maximum absolute atomic E-state index is 11.6. The molecule has 2 unspecified atom stereocenters. The van der Waals surface area contributed by atoms with Crippen molar-refractivity contribution in [2.24, 2.45) is 0 Å². The molecule has 2 heterocycles. The first-order chi connectivity index (χ1) is 7.61. The predicted molar refractivity (Wildman–Crippen MR) is 56.8 cm³/mol. The number of rotatable bonds is 2. The number of nitrogens with two attached hydrogens (primary N) is 1. The van der Waals surface area contributed by atoms with Gasteiger partial charge >= 0.3 is 0 Å². The van der Waals surface area contributed by atoms with E-state index in [2.05, 4.69) is 4.98 Å². The standard InChI is InChI=1S/C10H14N2O4/c11-9-2-1-5(10(15)12-9)7-3-6(14)8(4-13)16-7/h1-2,6-8,13-14H,3-4H2,(H3,11,12,15)/t6-,7?,8?/m1/s1. The van der Waals surface area contributed by atoms with Crippen molar-refractivity contribution in [1.29, 1.82) is 0 Å². The Morgan fingerprint density at radius 2 is 2.31 bits per heavy atom. The summed E-state index contributed by atoms with van der Waals surface area (Å²) in [6.45, 7) is -0.259. The van der Waals surface area contributed by atoms with E-state index >= 15 is 0 Å². The molecule has 0 saturated carbocycles. The summed E-state index contributed by atoms with van der Waals surface area (Å²) >= 11 is 0. The minimum absolute atomic E-state index is 0.259. The van der Waals surface area contributed by atoms with Gasteiger partial charge in [-0.05, 0) is 12.1 Å². The Kier molecular flexibility index (Phi) is 2.95. The minimum atomic E-state index is -0.744. The molecule has 1 aliphatic heterocycles. The Hall–Kier alpha value is -1.37. The molecule has 6 heteroatoms. The van der Waals surface area contributed by atoms with Crippen LogP contribution in [0.25, 0.3) is 0 Å². The van der Waals surface area contributed by atoms with Gasteiger partial charge in [0.25, 0.3) is 5.56 Å². The quantitative estimate of drug-likeness (QED) is 0.524. The van der Waals surface area contributed by atoms with Crippen molar-refractivity contribution < 1.29 is 14.9 Å². The average molecular weight is 226 g/mol. The van der Waals surface area contributed by atoms with Gasteiger partial charge in [0.2, 0.25) is 0 Å². The number of nitrogen functional groups attached to an aromatic ring is 1. The third-order valence-electron chi connectivity index (χ3n) is 2.71. The van der Waals surface area contributed by atoms with Crippen LogP contribution in [0.4, 0.5) is 5.82 Å². The second kappa shape index (κ2) is 4.25. The van der Waals surface area contributed by atoms with Crippen LogP contribution in [0, 0.1) is 0 Å². The molecule has 2 rings (SSSR count). The SMILES string of the molecule is Nc1ccc(C2C[C@@H](O)C(CO)O2)c(=O)[nH]1. The van der Waals surface area contributed by atoms with E-state index in [1.807, 2.05) is 0 Å². The molecule has 3 atom stereocenters. The molecule has 0 amide bonds. The van der Waals surface area contributed by atoms with Gasteiger partial charge in [-0.1, -0.05) is 0 Å². The molecule has 0 aromatic carbocycles. The van der Waals surface area contributed by atoms with Gasteiger partial charge in [-0.2, -0.15) is 0 Å². The van der Waals surface area contributed by atoms with E-state index in [0.29, 0.717) is 12.0 Å². The lowest BCUT2D eigenvalue weighted by Crippen LogP contribution is -2.24. The van der Waals surface area contributed by atoms with Gasteiger partial charge in [0.1, 0.15) is 11.9 Å². The van der Waals surface area contributed by atoms with Gasteiger partial charge in [-0.3, -0.25) is 4.79 Å². The fourth-order valence-electron chi connectivity index (χ4n) is 1.85. The molecule has 1 fully saturated rings. The predicted octanol–water partition coefficient (Wildman–Crippen LogP) is -0.860. The highest BCUT2D eigenvalue weighted by Gasteiger charge is 2.35. The molecular formula is C10H14N2O4. The molecular weight excluding hydrogens is 212 g/mol. The number of aliphatic hydroxyl groups is 2. The Balaban J connectivity index is 2.23. The lowest BCUT2D eigenvalue weighted by Gasteiger charge is -2.11. The largest absolute Gasteiger partial charge is 0.394 e. The zero-order valence-corrected chi connectivity index (χ0v) is 8.59. The molecule has 88 valence electrons. The monoisotopic (exact) mass is 226 g/mol. The summed E-state index contributed by atoms with van der Waals surface area (Å²) in [6, 6.07) is 3.14. The Morgan fingerprint density at radius 1 is 1.56 bits per heavy atom. The van der Waals surface area contributed by atoms with Gasteiger partial charge in [-0.15, -0.1) is 0 Å². The molecule has 0 spiro atoms. The van der Waals surface area contributed by atoms with E-state index in [4.69, 9.17) is 15.6 Å². The van der Waals surface area contributed by atoms with Crippen molar-refractivity contribution in [1.82, 2.24) is 4.98 Å². The van der Waals surface area contributed by atoms with Crippen LogP contribution in [-0.2, 0) is 4.74 Å². The number of hydrogen-bond donors (Lipinski definition) is 4. The number of nitrogens with one attached hydrogen (secondary N) is 1. The Bertz CT molecular complexity index is 431. The zero-order valence-electron chi connectivity index (χ0n) is 8.59. The second-order valence-corrected chi connectivity index (χ2v) is 3.85. The van der Waals surface area contributed by atoms with Crippen LogP contribution in [0.5, 0.6) is 0 Å². The normalized spacial score (nSPS) is 29.5. The molecule has 0 aliphatic carbocycles. The van der Waals surface area contributed by atoms with Crippen LogP contribution < -0.4 is 11.3 Å². The summed E-state index contributed by atoms with van der Waals surface area (Å²) in [6.07, 6.45) is -1.55. The minimum Gasteiger partial charge on any atom is -0.394 e. The zero-order chi connectivity index (χ0) is 11.7. The van der Waals surface area contributed by atoms with Gasteiger partial charge in [0, 0.05) is 12.0 Å². The third-order valence-corrected chi connectivity index (χ3v) is 2.71. The van der Waals surface area contributed by atoms with Crippen LogP contribution >= 0.6 is 0 Å². The number of pyridine rings is 1. The summed E-state index contributed by atoms with van der Waals surface area (Å²) < 4.78 is 5.37. The second-order valence-electron chi connectivity index (χ2n) is 3.85. The lowest BCUT2D eigenvalue weighted by atomic mass is 10.1. The molecule has 0 radical (unpaired) electrons. The number of H-pyrrole nitrogens is 1. The number of aromatic amines is 1. The van der Waals surface area contributed by atoms with Gasteiger partial charge < -0.3 is 25.7 Å². The maximum Gasteiger partial charge on any atom is 0.255 e. The summed E-state index contributed by atoms with van der Waals surface area (Å²) in [4.78, 5) is 14.0. The van der Waals surface area contributed by atoms with Gasteiger partial charge in [0.05, 0.1) is 18.8 Å². The number of anilines is 1. The van der Waals surface area contributed by atoms with E-state index < -0.39 is 18.3 Å². The smallest absolute Gasteiger partial charge is 0.255 e. The van der Waals surface area contributed by atoms with E-state index in [1.54, 1.807) is 12.1 Å². The fraction of sp³-hybridized carbons (Fsp3) is 0.500. The van der Waals surface area contributed by atoms with E-state index in [-0.39, 0.29) is 18.0 Å². The van der Waals surface area contributed by atoms with Crippen molar-refractivity contribution in [2.45, 2.75) is 24.7 Å². The summed E-state index contributed by atoms with van der Waals surface area (Å²) in [7, 11) is 0. The summed E-state index contributed by atoms with van der Waals surface area (Å²) in [5, 5.41) is 18.5. The van der Waals surface area contributed by atoms with Crippen LogP contribution in [0.1, 0.15) is 18.1 Å². The molecule has 1 saturated heterocycles. The number of aliphatic hydroxyl groups excluding tert-OH is 2. The topological polar surface area (TPSA) is 109 Å². The molecule has 0 bridgehead atoms. The van der Waals surface area contributed by atoms with Crippen molar-refractivity contribution in [2.75, 3.05) is 12.3 Å². The first-order valence-electron chi connectivity index (χ1n) is 5.05. The highest BCUT2D eigenvalue weighted by Crippen LogP contribution is 2.31. The number of aromatic nitrogens is 1. The fourth-order valence-corrected chi connectivity index (χ4v) is 1.85. The van der Waals surface area contributed by atoms with Crippen molar-refractivity contribution >= 4 is 5.82 Å². The number of hydrogen-bond acceptors (Lipinski definition) is 5. The molecule has 1 aromatic heterocycles. The molecule has 1 aromatic rings. The van der Waals surface area contributed by atoms with E-state index in [9.17, 15) is 9.90 Å². The summed E-state index contributed by atoms with van der Waals surface area (Å²) in [5.74, 6) is 0.283. The highest BCUT2D eigenvalue weighted by atomic mass is 16.5. The molecule has 5 N–H and O–H groups in total. The van der Waals surface area contributed by atoms with Crippen LogP contribution in [0.15, 0.2) is 16.9 Å². The van der Waals surface area contributed by atoms with Crippen molar-refractivity contribution in [3.8, 4) is 0 Å². The third kappa shape index (κ3) is 1.95. The van der Waals surface area contributed by atoms with Crippen molar-refractivity contribution in [3.63, 3.8) is 0 Å². The first-order valence-corrected chi connectivity index (χ1v) is 5.05. The first kappa shape index (κ1) is 11.1. The maximum atomic E-state index is 11.6. The lowest BCUT2D eigenvalue weighted by molar-refractivity contribution is -0.0228. The highest BCUT2D eigenvalue weighted by molar-refractivity contribution is 5.30. The Morgan fingerprint density at radius 3 is 2.88 bits per heavy atom.